The fourth-order valence-corrected chi connectivity index (χ4v) is 1.25. The van der Waals surface area contributed by atoms with Gasteiger partial charge in [-0.2, -0.15) is 0 Å². The average molecular weight is 172 g/mol. The standard InChI is InChI=1S/C7H12N2O3/c8-5-3-6(10)9(4-5)2-1-7(11)12/h5H,1-4,8H2,(H,11,12). The van der Waals surface area contributed by atoms with Gasteiger partial charge in [-0.15, -0.1) is 0 Å². The molecule has 68 valence electrons. The number of hydrogen-bond donors (Lipinski definition) is 2. The molecule has 5 heteroatoms. The van der Waals surface area contributed by atoms with Gasteiger partial charge in [0.15, 0.2) is 0 Å². The summed E-state index contributed by atoms with van der Waals surface area (Å²) in [7, 11) is 0. The van der Waals surface area contributed by atoms with Crippen LogP contribution in [0.3, 0.4) is 0 Å². The van der Waals surface area contributed by atoms with Crippen molar-refractivity contribution in [2.45, 2.75) is 18.9 Å². The molecule has 0 aromatic heterocycles. The van der Waals surface area contributed by atoms with Gasteiger partial charge in [-0.3, -0.25) is 9.59 Å². The van der Waals surface area contributed by atoms with Crippen molar-refractivity contribution in [3.8, 4) is 0 Å². The molecule has 3 N–H and O–H groups in total. The van der Waals surface area contributed by atoms with E-state index in [2.05, 4.69) is 0 Å². The lowest BCUT2D eigenvalue weighted by Gasteiger charge is -2.13. The van der Waals surface area contributed by atoms with Crippen LogP contribution in [0, 0.1) is 0 Å². The van der Waals surface area contributed by atoms with E-state index in [1.165, 1.54) is 4.90 Å². The molecule has 1 atom stereocenters. The van der Waals surface area contributed by atoms with Gasteiger partial charge in [-0.05, 0) is 0 Å². The van der Waals surface area contributed by atoms with E-state index in [9.17, 15) is 9.59 Å². The van der Waals surface area contributed by atoms with Crippen LogP contribution in [0.1, 0.15) is 12.8 Å². The lowest BCUT2D eigenvalue weighted by molar-refractivity contribution is -0.137. The SMILES string of the molecule is NC1CC(=O)N(CCC(=O)O)C1. The summed E-state index contributed by atoms with van der Waals surface area (Å²) in [5.74, 6) is -0.924. The third-order valence-corrected chi connectivity index (χ3v) is 1.84. The number of carboxylic acids is 1. The highest BCUT2D eigenvalue weighted by atomic mass is 16.4. The maximum atomic E-state index is 11.1. The minimum atomic E-state index is -0.886. The van der Waals surface area contributed by atoms with Gasteiger partial charge < -0.3 is 15.7 Å². The lowest BCUT2D eigenvalue weighted by Crippen LogP contribution is -2.30. The minimum Gasteiger partial charge on any atom is -0.481 e. The molecule has 0 bridgehead atoms. The van der Waals surface area contributed by atoms with Crippen LogP contribution in [0.25, 0.3) is 0 Å². The highest BCUT2D eigenvalue weighted by molar-refractivity contribution is 5.79. The van der Waals surface area contributed by atoms with Gasteiger partial charge in [0.05, 0.1) is 6.42 Å². The second kappa shape index (κ2) is 3.53. The van der Waals surface area contributed by atoms with Crippen LogP contribution >= 0.6 is 0 Å². The number of hydrogen-bond acceptors (Lipinski definition) is 3. The molecule has 1 aliphatic heterocycles. The number of carbonyl (C=O) groups is 2. The second-order valence-electron chi connectivity index (χ2n) is 2.95. The zero-order valence-electron chi connectivity index (χ0n) is 6.69. The van der Waals surface area contributed by atoms with Crippen LogP contribution in [0.2, 0.25) is 0 Å². The molecule has 5 nitrogen and oxygen atoms in total. The Morgan fingerprint density at radius 2 is 2.42 bits per heavy atom. The van der Waals surface area contributed by atoms with E-state index in [1.54, 1.807) is 0 Å². The number of rotatable bonds is 3. The van der Waals surface area contributed by atoms with Crippen molar-refractivity contribution in [1.29, 1.82) is 0 Å². The summed E-state index contributed by atoms with van der Waals surface area (Å²) in [6.45, 7) is 0.772. The van der Waals surface area contributed by atoms with E-state index < -0.39 is 5.97 Å². The summed E-state index contributed by atoms with van der Waals surface area (Å²) < 4.78 is 0. The zero-order valence-corrected chi connectivity index (χ0v) is 6.69. The molecule has 0 aromatic carbocycles. The molecule has 1 saturated heterocycles. The summed E-state index contributed by atoms with van der Waals surface area (Å²) >= 11 is 0. The Kier molecular flexibility index (Phi) is 2.65. The van der Waals surface area contributed by atoms with E-state index in [0.29, 0.717) is 13.0 Å². The molecule has 0 saturated carbocycles. The Labute approximate surface area is 70.1 Å². The van der Waals surface area contributed by atoms with Crippen LogP contribution in [-0.2, 0) is 9.59 Å². The van der Waals surface area contributed by atoms with Gasteiger partial charge in [0.2, 0.25) is 5.91 Å². The number of nitrogens with zero attached hydrogens (tertiary/aromatic N) is 1. The average Bonchev–Trinajstić information content (AvgIpc) is 2.26. The van der Waals surface area contributed by atoms with E-state index >= 15 is 0 Å². The van der Waals surface area contributed by atoms with Gasteiger partial charge in [0, 0.05) is 25.6 Å². The van der Waals surface area contributed by atoms with E-state index in [0.717, 1.165) is 0 Å². The summed E-state index contributed by atoms with van der Waals surface area (Å²) in [5.41, 5.74) is 5.51. The summed E-state index contributed by atoms with van der Waals surface area (Å²) in [6.07, 6.45) is 0.345. The van der Waals surface area contributed by atoms with Crippen molar-refractivity contribution in [3.63, 3.8) is 0 Å². The molecule has 0 radical (unpaired) electrons. The first kappa shape index (κ1) is 8.99. The second-order valence-corrected chi connectivity index (χ2v) is 2.95. The number of carbonyl (C=O) groups excluding carboxylic acids is 1. The monoisotopic (exact) mass is 172 g/mol. The van der Waals surface area contributed by atoms with Crippen LogP contribution in [0.5, 0.6) is 0 Å². The third kappa shape index (κ3) is 2.20. The van der Waals surface area contributed by atoms with E-state index in [-0.39, 0.29) is 24.9 Å². The van der Waals surface area contributed by atoms with Crippen molar-refractivity contribution in [1.82, 2.24) is 4.90 Å². The highest BCUT2D eigenvalue weighted by Crippen LogP contribution is 2.08. The van der Waals surface area contributed by atoms with Crippen molar-refractivity contribution in [2.75, 3.05) is 13.1 Å². The summed E-state index contributed by atoms with van der Waals surface area (Å²) in [4.78, 5) is 22.7. The first-order valence-corrected chi connectivity index (χ1v) is 3.84. The molecule has 12 heavy (non-hydrogen) atoms. The maximum Gasteiger partial charge on any atom is 0.305 e. The quantitative estimate of drug-likeness (QED) is 0.573. The molecular formula is C7H12N2O3. The first-order chi connectivity index (χ1) is 5.59. The van der Waals surface area contributed by atoms with Gasteiger partial charge in [-0.1, -0.05) is 0 Å². The number of nitrogens with two attached hydrogens (primary N) is 1. The summed E-state index contributed by atoms with van der Waals surface area (Å²) in [6, 6.07) is -0.119. The Hall–Kier alpha value is -1.10. The largest absolute Gasteiger partial charge is 0.481 e. The lowest BCUT2D eigenvalue weighted by atomic mass is 10.3. The van der Waals surface area contributed by atoms with Crippen molar-refractivity contribution < 1.29 is 14.7 Å². The zero-order chi connectivity index (χ0) is 9.14. The Morgan fingerprint density at radius 1 is 1.75 bits per heavy atom. The third-order valence-electron chi connectivity index (χ3n) is 1.84. The summed E-state index contributed by atoms with van der Waals surface area (Å²) in [5, 5.41) is 8.36. The molecule has 0 aliphatic carbocycles. The number of aliphatic carboxylic acids is 1. The van der Waals surface area contributed by atoms with Crippen molar-refractivity contribution in [2.24, 2.45) is 5.73 Å². The minimum absolute atomic E-state index is 0.00153. The molecular weight excluding hydrogens is 160 g/mol. The molecule has 1 amide bonds. The van der Waals surface area contributed by atoms with Gasteiger partial charge >= 0.3 is 5.97 Å². The molecule has 1 aliphatic rings. The van der Waals surface area contributed by atoms with Gasteiger partial charge in [0.25, 0.3) is 0 Å². The topological polar surface area (TPSA) is 83.6 Å². The Balaban J connectivity index is 2.33. The normalized spacial score (nSPS) is 23.2. The number of carboxylic acid groups (broad SMARTS) is 1. The maximum absolute atomic E-state index is 11.1. The predicted octanol–water partition coefficient (Wildman–Crippen LogP) is -0.979. The molecule has 1 fully saturated rings. The van der Waals surface area contributed by atoms with Crippen LogP contribution in [0.4, 0.5) is 0 Å². The first-order valence-electron chi connectivity index (χ1n) is 3.84. The predicted molar refractivity (Wildman–Crippen MR) is 41.4 cm³/mol. The smallest absolute Gasteiger partial charge is 0.305 e. The Morgan fingerprint density at radius 3 is 2.83 bits per heavy atom. The van der Waals surface area contributed by atoms with Crippen molar-refractivity contribution in [3.05, 3.63) is 0 Å². The molecule has 0 spiro atoms. The van der Waals surface area contributed by atoms with E-state index in [4.69, 9.17) is 10.8 Å². The van der Waals surface area contributed by atoms with Crippen LogP contribution < -0.4 is 5.73 Å². The van der Waals surface area contributed by atoms with E-state index in [1.807, 2.05) is 0 Å². The van der Waals surface area contributed by atoms with Gasteiger partial charge in [-0.25, -0.2) is 0 Å². The Bertz CT molecular complexity index is 205. The van der Waals surface area contributed by atoms with Crippen LogP contribution in [-0.4, -0.2) is 41.0 Å². The highest BCUT2D eigenvalue weighted by Gasteiger charge is 2.26. The van der Waals surface area contributed by atoms with Crippen molar-refractivity contribution >= 4 is 11.9 Å². The molecule has 1 heterocycles. The fraction of sp³-hybridized carbons (Fsp3) is 0.714. The van der Waals surface area contributed by atoms with Crippen LogP contribution in [0.15, 0.2) is 0 Å². The molecule has 1 rings (SSSR count). The molecule has 1 unspecified atom stereocenters. The number of likely N-dealkylation sites (tertiary alicyclic amines) is 1. The number of amides is 1. The fourth-order valence-electron chi connectivity index (χ4n) is 1.25. The van der Waals surface area contributed by atoms with Gasteiger partial charge in [0.1, 0.15) is 0 Å². The molecule has 0 aromatic rings.